The van der Waals surface area contributed by atoms with Crippen molar-refractivity contribution < 1.29 is 24.0 Å². The third-order valence-electron chi connectivity index (χ3n) is 4.69. The van der Waals surface area contributed by atoms with Crippen LogP contribution in [-0.4, -0.2) is 53.1 Å². The van der Waals surface area contributed by atoms with Crippen molar-refractivity contribution in [2.45, 2.75) is 43.7 Å². The fraction of sp³-hybridized carbons (Fsp3) is 0.409. The van der Waals surface area contributed by atoms with Gasteiger partial charge in [-0.1, -0.05) is 48.6 Å². The summed E-state index contributed by atoms with van der Waals surface area (Å²) in [6, 6.07) is 5.64. The largest absolute Gasteiger partial charge is 0.343 e. The molecule has 32 heavy (non-hydrogen) atoms. The number of hydrogen-bond donors (Lipinski definition) is 3. The van der Waals surface area contributed by atoms with Gasteiger partial charge in [0.15, 0.2) is 0 Å². The summed E-state index contributed by atoms with van der Waals surface area (Å²) in [4.78, 5) is 61.7. The molecule has 0 aromatic heterocycles. The number of alkyl halides is 1. The Morgan fingerprint density at radius 3 is 2.06 bits per heavy atom. The van der Waals surface area contributed by atoms with Crippen LogP contribution < -0.4 is 16.0 Å². The van der Waals surface area contributed by atoms with Crippen LogP contribution in [0.15, 0.2) is 36.4 Å². The summed E-state index contributed by atoms with van der Waals surface area (Å²) in [7, 11) is 0. The Hall–Kier alpha value is -2.76. The molecular formula is C22H27IN4O5. The maximum Gasteiger partial charge on any atom is 0.254 e. The first kappa shape index (κ1) is 25.5. The summed E-state index contributed by atoms with van der Waals surface area (Å²) in [5, 5.41) is 7.93. The van der Waals surface area contributed by atoms with Gasteiger partial charge < -0.3 is 16.0 Å². The van der Waals surface area contributed by atoms with E-state index in [0.29, 0.717) is 12.1 Å². The Morgan fingerprint density at radius 2 is 1.53 bits per heavy atom. The van der Waals surface area contributed by atoms with Crippen molar-refractivity contribution in [3.63, 3.8) is 0 Å². The maximum atomic E-state index is 12.8. The van der Waals surface area contributed by atoms with E-state index < -0.39 is 48.2 Å². The number of nitrogens with zero attached hydrogens (tertiary/aromatic N) is 1. The lowest BCUT2D eigenvalue weighted by Gasteiger charge is -2.23. The van der Waals surface area contributed by atoms with E-state index in [1.54, 1.807) is 19.1 Å². The number of nitrogens with one attached hydrogen (secondary N) is 3. The monoisotopic (exact) mass is 554 g/mol. The summed E-state index contributed by atoms with van der Waals surface area (Å²) < 4.78 is 0.859. The number of imide groups is 1. The number of rotatable bonds is 10. The molecule has 172 valence electrons. The van der Waals surface area contributed by atoms with E-state index in [1.165, 1.54) is 0 Å². The van der Waals surface area contributed by atoms with Crippen molar-refractivity contribution in [3.8, 4) is 0 Å². The van der Waals surface area contributed by atoms with Gasteiger partial charge >= 0.3 is 0 Å². The highest BCUT2D eigenvalue weighted by Crippen LogP contribution is 2.13. The number of hydrogen-bond acceptors (Lipinski definition) is 5. The molecule has 0 unspecified atom stereocenters. The van der Waals surface area contributed by atoms with E-state index in [4.69, 9.17) is 0 Å². The second-order valence-electron chi connectivity index (χ2n) is 7.90. The molecule has 0 aliphatic carbocycles. The average Bonchev–Trinajstić information content (AvgIpc) is 3.05. The highest BCUT2D eigenvalue weighted by atomic mass is 127. The molecule has 0 radical (unpaired) electrons. The van der Waals surface area contributed by atoms with Crippen LogP contribution >= 0.6 is 22.6 Å². The Bertz CT molecular complexity index is 895. The molecule has 0 fully saturated rings. The molecule has 9 nitrogen and oxygen atoms in total. The molecule has 0 saturated carbocycles. The van der Waals surface area contributed by atoms with Gasteiger partial charge in [0.25, 0.3) is 11.8 Å². The minimum absolute atomic E-state index is 0.0725. The van der Waals surface area contributed by atoms with Gasteiger partial charge in [0.05, 0.1) is 0 Å². The molecule has 0 saturated heterocycles. The fourth-order valence-corrected chi connectivity index (χ4v) is 3.49. The summed E-state index contributed by atoms with van der Waals surface area (Å²) in [5.41, 5.74) is 1.75. The van der Waals surface area contributed by atoms with E-state index in [-0.39, 0.29) is 5.92 Å². The molecule has 2 rings (SSSR count). The second-order valence-corrected chi connectivity index (χ2v) is 8.66. The SMILES string of the molecule is CC(C)C[C@H](NC(=O)CN1C(=O)C=CC1=O)C(=O)N[C@@H](C)C(=O)Nc1ccc(CI)cc1. The third kappa shape index (κ3) is 7.43. The summed E-state index contributed by atoms with van der Waals surface area (Å²) in [6.45, 7) is 4.85. The number of benzene rings is 1. The van der Waals surface area contributed by atoms with E-state index in [0.717, 1.165) is 27.0 Å². The van der Waals surface area contributed by atoms with Gasteiger partial charge in [0, 0.05) is 22.3 Å². The Labute approximate surface area is 200 Å². The zero-order valence-electron chi connectivity index (χ0n) is 18.2. The molecule has 1 aromatic carbocycles. The first-order valence-electron chi connectivity index (χ1n) is 10.2. The summed E-state index contributed by atoms with van der Waals surface area (Å²) in [5.74, 6) is -2.63. The number of carbonyl (C=O) groups excluding carboxylic acids is 5. The molecule has 1 aliphatic heterocycles. The van der Waals surface area contributed by atoms with Gasteiger partial charge in [-0.3, -0.25) is 28.9 Å². The predicted molar refractivity (Wildman–Crippen MR) is 128 cm³/mol. The summed E-state index contributed by atoms with van der Waals surface area (Å²) in [6.07, 6.45) is 2.50. The van der Waals surface area contributed by atoms with Crippen molar-refractivity contribution in [2.75, 3.05) is 11.9 Å². The van der Waals surface area contributed by atoms with Crippen LogP contribution in [0.25, 0.3) is 0 Å². The Kier molecular flexibility index (Phi) is 9.36. The van der Waals surface area contributed by atoms with Gasteiger partial charge in [0.2, 0.25) is 17.7 Å². The van der Waals surface area contributed by atoms with Gasteiger partial charge in [-0.05, 0) is 37.0 Å². The van der Waals surface area contributed by atoms with E-state index >= 15 is 0 Å². The molecule has 1 aliphatic rings. The number of amides is 5. The topological polar surface area (TPSA) is 125 Å². The molecule has 10 heteroatoms. The van der Waals surface area contributed by atoms with Crippen molar-refractivity contribution in [2.24, 2.45) is 5.92 Å². The van der Waals surface area contributed by atoms with Crippen LogP contribution in [0.5, 0.6) is 0 Å². The summed E-state index contributed by atoms with van der Waals surface area (Å²) >= 11 is 2.25. The average molecular weight is 554 g/mol. The first-order valence-corrected chi connectivity index (χ1v) is 11.7. The van der Waals surface area contributed by atoms with Crippen molar-refractivity contribution >= 4 is 57.8 Å². The lowest BCUT2D eigenvalue weighted by molar-refractivity contribution is -0.141. The Balaban J connectivity index is 1.95. The van der Waals surface area contributed by atoms with E-state index in [9.17, 15) is 24.0 Å². The van der Waals surface area contributed by atoms with Crippen molar-refractivity contribution in [1.82, 2.24) is 15.5 Å². The van der Waals surface area contributed by atoms with Crippen molar-refractivity contribution in [3.05, 3.63) is 42.0 Å². The molecule has 3 N–H and O–H groups in total. The van der Waals surface area contributed by atoms with Crippen LogP contribution in [-0.2, 0) is 28.4 Å². The van der Waals surface area contributed by atoms with Crippen LogP contribution in [0, 0.1) is 5.92 Å². The highest BCUT2D eigenvalue weighted by molar-refractivity contribution is 14.1. The smallest absolute Gasteiger partial charge is 0.254 e. The van der Waals surface area contributed by atoms with Crippen LogP contribution in [0.2, 0.25) is 0 Å². The van der Waals surface area contributed by atoms with E-state index in [1.807, 2.05) is 26.0 Å². The van der Waals surface area contributed by atoms with Gasteiger partial charge in [-0.2, -0.15) is 0 Å². The molecule has 0 spiro atoms. The molecule has 0 bridgehead atoms. The lowest BCUT2D eigenvalue weighted by atomic mass is 10.0. The fourth-order valence-electron chi connectivity index (χ4n) is 2.98. The van der Waals surface area contributed by atoms with Gasteiger partial charge in [0.1, 0.15) is 18.6 Å². The minimum atomic E-state index is -0.915. The standard InChI is InChI=1S/C22H27IN4O5/c1-13(2)10-17(26-18(28)12-27-19(29)8-9-20(27)30)22(32)24-14(3)21(31)25-16-6-4-15(11-23)5-7-16/h4-9,13-14,17H,10-12H2,1-3H3,(H,24,32)(H,25,31)(H,26,28)/t14-,17-/m0/s1. The predicted octanol–water partition coefficient (Wildman–Crippen LogP) is 1.52. The Morgan fingerprint density at radius 1 is 0.938 bits per heavy atom. The molecule has 1 heterocycles. The van der Waals surface area contributed by atoms with Gasteiger partial charge in [-0.25, -0.2) is 0 Å². The lowest BCUT2D eigenvalue weighted by Crippen LogP contribution is -2.53. The third-order valence-corrected chi connectivity index (χ3v) is 5.57. The zero-order valence-corrected chi connectivity index (χ0v) is 20.3. The zero-order chi connectivity index (χ0) is 23.8. The molecular weight excluding hydrogens is 527 g/mol. The first-order chi connectivity index (χ1) is 15.1. The van der Waals surface area contributed by atoms with Gasteiger partial charge in [-0.15, -0.1) is 0 Å². The minimum Gasteiger partial charge on any atom is -0.343 e. The van der Waals surface area contributed by atoms with E-state index in [2.05, 4.69) is 38.5 Å². The normalized spacial score (nSPS) is 15.0. The molecule has 1 aromatic rings. The second kappa shape index (κ2) is 11.7. The maximum absolute atomic E-state index is 12.8. The van der Waals surface area contributed by atoms with Crippen LogP contribution in [0.3, 0.4) is 0 Å². The number of anilines is 1. The molecule has 5 amide bonds. The quantitative estimate of drug-likeness (QED) is 0.230. The van der Waals surface area contributed by atoms with Crippen molar-refractivity contribution in [1.29, 1.82) is 0 Å². The van der Waals surface area contributed by atoms with Crippen LogP contribution in [0.1, 0.15) is 32.8 Å². The van der Waals surface area contributed by atoms with Crippen LogP contribution in [0.4, 0.5) is 5.69 Å². The highest BCUT2D eigenvalue weighted by Gasteiger charge is 2.29. The number of carbonyl (C=O) groups is 5. The number of halogens is 1. The molecule has 2 atom stereocenters.